The second-order valence-electron chi connectivity index (χ2n) is 9.36. The maximum Gasteiger partial charge on any atom is 0.573 e. The minimum absolute atomic E-state index is 0.0262. The third-order valence-electron chi connectivity index (χ3n) is 6.19. The van der Waals surface area contributed by atoms with E-state index in [1.807, 2.05) is 13.8 Å². The molecule has 1 atom stereocenters. The molecule has 3 aromatic rings. The Hall–Kier alpha value is -4.74. The van der Waals surface area contributed by atoms with Gasteiger partial charge in [0.05, 0.1) is 23.9 Å². The largest absolute Gasteiger partial charge is 0.573 e. The fourth-order valence-corrected chi connectivity index (χ4v) is 4.21. The van der Waals surface area contributed by atoms with Gasteiger partial charge in [0.2, 0.25) is 5.91 Å². The summed E-state index contributed by atoms with van der Waals surface area (Å²) >= 11 is 0. The highest BCUT2D eigenvalue weighted by molar-refractivity contribution is 6.20. The van der Waals surface area contributed by atoms with Gasteiger partial charge < -0.3 is 15.2 Å². The molecular formula is C28H25F3N4O5. The molecule has 208 valence electrons. The second-order valence-corrected chi connectivity index (χ2v) is 9.36. The van der Waals surface area contributed by atoms with Gasteiger partial charge in [0.25, 0.3) is 5.91 Å². The second kappa shape index (κ2) is 11.2. The zero-order chi connectivity index (χ0) is 29.2. The van der Waals surface area contributed by atoms with Crippen LogP contribution in [0.5, 0.6) is 5.75 Å². The van der Waals surface area contributed by atoms with Gasteiger partial charge in [-0.3, -0.25) is 19.3 Å². The third-order valence-corrected chi connectivity index (χ3v) is 6.19. The summed E-state index contributed by atoms with van der Waals surface area (Å²) in [6.07, 6.45) is -4.91. The van der Waals surface area contributed by atoms with Crippen LogP contribution in [0.2, 0.25) is 0 Å². The molecule has 4 rings (SSSR count). The standard InChI is InChI=1S/C28H25F3N4O5/c1-15(2)17-4-6-19(7-5-17)25(37)23-24(18-8-11-21(12-9-18)40-28(29,30)31)35(27(39)26(23)38)22-13-10-20(33-34-22)14-32-16(3)36/h4-13,15,24,38H,14H2,1-3H3,(H,32,36). The molecule has 1 aromatic heterocycles. The number of aromatic nitrogens is 2. The molecule has 0 spiro atoms. The summed E-state index contributed by atoms with van der Waals surface area (Å²) in [4.78, 5) is 39.2. The van der Waals surface area contributed by atoms with Crippen LogP contribution < -0.4 is 15.0 Å². The third kappa shape index (κ3) is 6.11. The van der Waals surface area contributed by atoms with E-state index in [0.29, 0.717) is 5.69 Å². The first-order valence-electron chi connectivity index (χ1n) is 12.2. The molecule has 40 heavy (non-hydrogen) atoms. The highest BCUT2D eigenvalue weighted by Gasteiger charge is 2.45. The Bertz CT molecular complexity index is 1450. The maximum atomic E-state index is 13.7. The van der Waals surface area contributed by atoms with Crippen molar-refractivity contribution in [1.29, 1.82) is 0 Å². The van der Waals surface area contributed by atoms with Crippen molar-refractivity contribution in [2.24, 2.45) is 0 Å². The summed E-state index contributed by atoms with van der Waals surface area (Å²) in [5.41, 5.74) is 1.52. The van der Waals surface area contributed by atoms with Gasteiger partial charge in [-0.2, -0.15) is 5.10 Å². The molecule has 9 nitrogen and oxygen atoms in total. The average Bonchev–Trinajstić information content (AvgIpc) is 3.17. The molecule has 2 aromatic carbocycles. The first kappa shape index (κ1) is 28.3. The predicted octanol–water partition coefficient (Wildman–Crippen LogP) is 4.92. The van der Waals surface area contributed by atoms with Crippen LogP contribution in [0.4, 0.5) is 19.0 Å². The number of alkyl halides is 3. The number of benzene rings is 2. The number of aliphatic hydroxyl groups excluding tert-OH is 1. The van der Waals surface area contributed by atoms with Gasteiger partial charge in [-0.25, -0.2) is 0 Å². The monoisotopic (exact) mass is 554 g/mol. The van der Waals surface area contributed by atoms with Gasteiger partial charge in [0, 0.05) is 12.5 Å². The van der Waals surface area contributed by atoms with E-state index in [9.17, 15) is 32.7 Å². The Morgan fingerprint density at radius 3 is 2.20 bits per heavy atom. The predicted molar refractivity (Wildman–Crippen MR) is 137 cm³/mol. The normalized spacial score (nSPS) is 15.5. The van der Waals surface area contributed by atoms with Crippen LogP contribution in [0, 0.1) is 0 Å². The number of halogens is 3. The Morgan fingerprint density at radius 2 is 1.68 bits per heavy atom. The number of rotatable bonds is 8. The molecule has 1 aliphatic heterocycles. The molecule has 2 N–H and O–H groups in total. The Morgan fingerprint density at radius 1 is 1.02 bits per heavy atom. The summed E-state index contributed by atoms with van der Waals surface area (Å²) in [6, 6.07) is 13.0. The summed E-state index contributed by atoms with van der Waals surface area (Å²) in [5.74, 6) is -3.00. The van der Waals surface area contributed by atoms with Crippen molar-refractivity contribution < 1.29 is 37.4 Å². The smallest absolute Gasteiger partial charge is 0.503 e. The van der Waals surface area contributed by atoms with Crippen LogP contribution in [0.25, 0.3) is 0 Å². The van der Waals surface area contributed by atoms with Crippen LogP contribution in [-0.4, -0.2) is 39.3 Å². The lowest BCUT2D eigenvalue weighted by Crippen LogP contribution is -2.32. The highest BCUT2D eigenvalue weighted by atomic mass is 19.4. The lowest BCUT2D eigenvalue weighted by Gasteiger charge is -2.26. The number of aliphatic hydroxyl groups is 1. The molecule has 12 heteroatoms. The molecule has 0 bridgehead atoms. The molecule has 1 aliphatic rings. The van der Waals surface area contributed by atoms with Crippen molar-refractivity contribution in [3.8, 4) is 5.75 Å². The number of anilines is 1. The number of hydrogen-bond donors (Lipinski definition) is 2. The first-order chi connectivity index (χ1) is 18.9. The van der Waals surface area contributed by atoms with Crippen LogP contribution in [-0.2, 0) is 16.1 Å². The van der Waals surface area contributed by atoms with Gasteiger partial charge in [0.15, 0.2) is 17.4 Å². The molecular weight excluding hydrogens is 529 g/mol. The maximum absolute atomic E-state index is 13.7. The van der Waals surface area contributed by atoms with Crippen LogP contribution >= 0.6 is 0 Å². The number of nitrogens with one attached hydrogen (secondary N) is 1. The number of hydrogen-bond acceptors (Lipinski definition) is 7. The zero-order valence-corrected chi connectivity index (χ0v) is 21.7. The number of amides is 2. The molecule has 0 saturated heterocycles. The highest BCUT2D eigenvalue weighted by Crippen LogP contribution is 2.42. The molecule has 0 aliphatic carbocycles. The summed E-state index contributed by atoms with van der Waals surface area (Å²) in [6.45, 7) is 5.40. The number of Topliss-reactive ketones (excluding diaryl/α,β-unsaturated/α-hetero) is 1. The SMILES string of the molecule is CC(=O)NCc1ccc(N2C(=O)C(O)=C(C(=O)c3ccc(C(C)C)cc3)C2c2ccc(OC(F)(F)F)cc2)nn1. The molecule has 2 heterocycles. The van der Waals surface area contributed by atoms with Crippen molar-refractivity contribution in [2.45, 2.75) is 45.6 Å². The average molecular weight is 555 g/mol. The van der Waals surface area contributed by atoms with E-state index in [-0.39, 0.29) is 40.9 Å². The van der Waals surface area contributed by atoms with Crippen LogP contribution in [0.3, 0.4) is 0 Å². The molecule has 0 radical (unpaired) electrons. The van der Waals surface area contributed by atoms with Crippen molar-refractivity contribution in [2.75, 3.05) is 4.90 Å². The fourth-order valence-electron chi connectivity index (χ4n) is 4.21. The van der Waals surface area contributed by atoms with E-state index >= 15 is 0 Å². The fraction of sp³-hybridized carbons (Fsp3) is 0.250. The van der Waals surface area contributed by atoms with Gasteiger partial charge in [-0.1, -0.05) is 50.2 Å². The van der Waals surface area contributed by atoms with Gasteiger partial charge in [-0.05, 0) is 41.3 Å². The molecule has 1 unspecified atom stereocenters. The van der Waals surface area contributed by atoms with E-state index in [2.05, 4.69) is 20.3 Å². The number of carbonyl (C=O) groups excluding carboxylic acids is 3. The van der Waals surface area contributed by atoms with Crippen molar-refractivity contribution in [1.82, 2.24) is 15.5 Å². The van der Waals surface area contributed by atoms with E-state index < -0.39 is 35.6 Å². The number of carbonyl (C=O) groups is 3. The van der Waals surface area contributed by atoms with Crippen molar-refractivity contribution in [3.05, 3.63) is 94.4 Å². The van der Waals surface area contributed by atoms with Gasteiger partial charge in [-0.15, -0.1) is 18.3 Å². The van der Waals surface area contributed by atoms with Crippen molar-refractivity contribution in [3.63, 3.8) is 0 Å². The summed E-state index contributed by atoms with van der Waals surface area (Å²) < 4.78 is 42.0. The minimum Gasteiger partial charge on any atom is -0.503 e. The number of ether oxygens (including phenoxy) is 1. The Balaban J connectivity index is 1.76. The Kier molecular flexibility index (Phi) is 7.89. The topological polar surface area (TPSA) is 122 Å². The molecule has 0 fully saturated rings. The van der Waals surface area contributed by atoms with Crippen LogP contribution in [0.1, 0.15) is 59.9 Å². The van der Waals surface area contributed by atoms with Crippen LogP contribution in [0.15, 0.2) is 72.0 Å². The Labute approximate surface area is 227 Å². The lowest BCUT2D eigenvalue weighted by atomic mass is 9.91. The summed E-state index contributed by atoms with van der Waals surface area (Å²) in [5, 5.41) is 21.5. The zero-order valence-electron chi connectivity index (χ0n) is 21.7. The van der Waals surface area contributed by atoms with Crippen molar-refractivity contribution >= 4 is 23.4 Å². The van der Waals surface area contributed by atoms with Gasteiger partial charge >= 0.3 is 6.36 Å². The van der Waals surface area contributed by atoms with Gasteiger partial charge in [0.1, 0.15) is 5.75 Å². The minimum atomic E-state index is -4.91. The lowest BCUT2D eigenvalue weighted by molar-refractivity contribution is -0.274. The molecule has 2 amide bonds. The van der Waals surface area contributed by atoms with E-state index in [1.54, 1.807) is 24.3 Å². The van der Waals surface area contributed by atoms with E-state index in [4.69, 9.17) is 0 Å². The first-order valence-corrected chi connectivity index (χ1v) is 12.2. The number of nitrogens with zero attached hydrogens (tertiary/aromatic N) is 3. The summed E-state index contributed by atoms with van der Waals surface area (Å²) in [7, 11) is 0. The van der Waals surface area contributed by atoms with E-state index in [1.165, 1.54) is 31.2 Å². The quantitative estimate of drug-likeness (QED) is 0.379. The molecule has 0 saturated carbocycles. The number of ketones is 1. The van der Waals surface area contributed by atoms with E-state index in [0.717, 1.165) is 22.6 Å².